The van der Waals surface area contributed by atoms with Crippen LogP contribution < -0.4 is 16.6 Å². The number of hydrogen-bond acceptors (Lipinski definition) is 5. The van der Waals surface area contributed by atoms with E-state index in [1.807, 2.05) is 42.5 Å². The van der Waals surface area contributed by atoms with E-state index in [0.29, 0.717) is 11.6 Å². The Bertz CT molecular complexity index is 504. The molecular formula is C14H18N4O. The zero-order chi connectivity index (χ0) is 13.5. The third kappa shape index (κ3) is 3.94. The molecule has 0 bridgehead atoms. The standard InChI is InChI=1S/C14H18N4O/c15-18-14-8-4-7-13(17-14)16-12(10-19)9-11-5-2-1-3-6-11/h1-8,12,19H,9-10,15H2,(H2,16,17,18). The van der Waals surface area contributed by atoms with Crippen LogP contribution in [0.15, 0.2) is 48.5 Å². The summed E-state index contributed by atoms with van der Waals surface area (Å²) >= 11 is 0. The second-order valence-corrected chi connectivity index (χ2v) is 4.27. The molecule has 2 aromatic rings. The van der Waals surface area contributed by atoms with Crippen molar-refractivity contribution in [3.8, 4) is 0 Å². The van der Waals surface area contributed by atoms with E-state index >= 15 is 0 Å². The van der Waals surface area contributed by atoms with Crippen molar-refractivity contribution in [2.24, 2.45) is 5.84 Å². The van der Waals surface area contributed by atoms with Gasteiger partial charge in [0.05, 0.1) is 12.6 Å². The van der Waals surface area contributed by atoms with Crippen molar-refractivity contribution in [2.75, 3.05) is 17.3 Å². The number of aliphatic hydroxyl groups excluding tert-OH is 1. The van der Waals surface area contributed by atoms with Crippen LogP contribution in [-0.2, 0) is 6.42 Å². The lowest BCUT2D eigenvalue weighted by Gasteiger charge is -2.17. The summed E-state index contributed by atoms with van der Waals surface area (Å²) in [4.78, 5) is 4.26. The fourth-order valence-corrected chi connectivity index (χ4v) is 1.86. The summed E-state index contributed by atoms with van der Waals surface area (Å²) in [6.07, 6.45) is 0.735. The van der Waals surface area contributed by atoms with Crippen molar-refractivity contribution < 1.29 is 5.11 Å². The highest BCUT2D eigenvalue weighted by molar-refractivity contribution is 5.45. The molecule has 5 heteroatoms. The average Bonchev–Trinajstić information content (AvgIpc) is 2.48. The lowest BCUT2D eigenvalue weighted by molar-refractivity contribution is 0.273. The molecule has 0 aliphatic heterocycles. The molecule has 1 unspecified atom stereocenters. The molecule has 1 heterocycles. The smallest absolute Gasteiger partial charge is 0.142 e. The van der Waals surface area contributed by atoms with Crippen molar-refractivity contribution in [3.63, 3.8) is 0 Å². The molecule has 2 rings (SSSR count). The van der Waals surface area contributed by atoms with Gasteiger partial charge in [0.1, 0.15) is 11.6 Å². The normalized spacial score (nSPS) is 11.9. The van der Waals surface area contributed by atoms with E-state index in [1.165, 1.54) is 5.56 Å². The SMILES string of the molecule is NNc1cccc(NC(CO)Cc2ccccc2)n1. The minimum atomic E-state index is -0.0806. The first-order chi connectivity index (χ1) is 9.31. The maximum atomic E-state index is 9.44. The van der Waals surface area contributed by atoms with Crippen LogP contribution in [0, 0.1) is 0 Å². The Morgan fingerprint density at radius 3 is 2.47 bits per heavy atom. The summed E-state index contributed by atoms with van der Waals surface area (Å²) in [6.45, 7) is 0.0385. The first-order valence-electron chi connectivity index (χ1n) is 6.17. The number of nitrogens with zero attached hydrogens (tertiary/aromatic N) is 1. The number of nitrogens with two attached hydrogens (primary N) is 1. The number of pyridine rings is 1. The molecule has 1 atom stereocenters. The van der Waals surface area contributed by atoms with E-state index in [-0.39, 0.29) is 12.6 Å². The Morgan fingerprint density at radius 1 is 1.05 bits per heavy atom. The van der Waals surface area contributed by atoms with Crippen LogP contribution in [0.25, 0.3) is 0 Å². The van der Waals surface area contributed by atoms with Gasteiger partial charge in [0.25, 0.3) is 0 Å². The Labute approximate surface area is 112 Å². The number of anilines is 2. The molecule has 19 heavy (non-hydrogen) atoms. The summed E-state index contributed by atoms with van der Waals surface area (Å²) in [5.74, 6) is 6.59. The molecule has 5 N–H and O–H groups in total. The predicted octanol–water partition coefficient (Wildman–Crippen LogP) is 1.38. The number of rotatable bonds is 6. The van der Waals surface area contributed by atoms with Gasteiger partial charge in [-0.25, -0.2) is 10.8 Å². The van der Waals surface area contributed by atoms with Gasteiger partial charge in [0.2, 0.25) is 0 Å². The van der Waals surface area contributed by atoms with Gasteiger partial charge >= 0.3 is 0 Å². The summed E-state index contributed by atoms with van der Waals surface area (Å²) in [7, 11) is 0. The van der Waals surface area contributed by atoms with Crippen molar-refractivity contribution >= 4 is 11.6 Å². The highest BCUT2D eigenvalue weighted by Gasteiger charge is 2.09. The van der Waals surface area contributed by atoms with Crippen molar-refractivity contribution in [1.82, 2.24) is 4.98 Å². The lowest BCUT2D eigenvalue weighted by Crippen LogP contribution is -2.27. The van der Waals surface area contributed by atoms with Gasteiger partial charge in [-0.15, -0.1) is 0 Å². The van der Waals surface area contributed by atoms with Crippen LogP contribution in [0.3, 0.4) is 0 Å². The Balaban J connectivity index is 2.02. The monoisotopic (exact) mass is 258 g/mol. The molecular weight excluding hydrogens is 240 g/mol. The molecule has 1 aromatic carbocycles. The summed E-state index contributed by atoms with van der Waals surface area (Å²) < 4.78 is 0. The van der Waals surface area contributed by atoms with Gasteiger partial charge in [-0.2, -0.15) is 0 Å². The quantitative estimate of drug-likeness (QED) is 0.465. The van der Waals surface area contributed by atoms with Gasteiger partial charge in [-0.05, 0) is 24.1 Å². The van der Waals surface area contributed by atoms with Crippen molar-refractivity contribution in [3.05, 3.63) is 54.1 Å². The predicted molar refractivity (Wildman–Crippen MR) is 76.7 cm³/mol. The first kappa shape index (κ1) is 13.3. The van der Waals surface area contributed by atoms with E-state index in [1.54, 1.807) is 6.07 Å². The second-order valence-electron chi connectivity index (χ2n) is 4.27. The van der Waals surface area contributed by atoms with Gasteiger partial charge in [0.15, 0.2) is 0 Å². The minimum absolute atomic E-state index is 0.0385. The maximum Gasteiger partial charge on any atom is 0.142 e. The number of hydrogen-bond donors (Lipinski definition) is 4. The number of nitrogens with one attached hydrogen (secondary N) is 2. The molecule has 100 valence electrons. The van der Waals surface area contributed by atoms with E-state index in [0.717, 1.165) is 6.42 Å². The molecule has 0 aliphatic rings. The maximum absolute atomic E-state index is 9.44. The Kier molecular flexibility index (Phi) is 4.72. The number of aromatic nitrogens is 1. The van der Waals surface area contributed by atoms with E-state index in [4.69, 9.17) is 5.84 Å². The van der Waals surface area contributed by atoms with Crippen LogP contribution in [0.5, 0.6) is 0 Å². The van der Waals surface area contributed by atoms with Crippen molar-refractivity contribution in [1.29, 1.82) is 0 Å². The topological polar surface area (TPSA) is 83.2 Å². The fourth-order valence-electron chi connectivity index (χ4n) is 1.86. The lowest BCUT2D eigenvalue weighted by atomic mass is 10.1. The highest BCUT2D eigenvalue weighted by Crippen LogP contribution is 2.11. The molecule has 0 saturated heterocycles. The summed E-state index contributed by atoms with van der Waals surface area (Å²) in [5.41, 5.74) is 3.66. The van der Waals surface area contributed by atoms with Gasteiger partial charge < -0.3 is 15.8 Å². The molecule has 0 fully saturated rings. The molecule has 0 saturated carbocycles. The summed E-state index contributed by atoms with van der Waals surface area (Å²) in [5, 5.41) is 12.6. The zero-order valence-electron chi connectivity index (χ0n) is 10.6. The average molecular weight is 258 g/mol. The third-order valence-corrected chi connectivity index (χ3v) is 2.79. The van der Waals surface area contributed by atoms with Gasteiger partial charge in [-0.1, -0.05) is 36.4 Å². The summed E-state index contributed by atoms with van der Waals surface area (Å²) in [6, 6.07) is 15.4. The van der Waals surface area contributed by atoms with Gasteiger partial charge in [-0.3, -0.25) is 0 Å². The molecule has 1 aromatic heterocycles. The Hall–Kier alpha value is -2.11. The molecule has 0 radical (unpaired) electrons. The number of nitrogen functional groups attached to an aromatic ring is 1. The fraction of sp³-hybridized carbons (Fsp3) is 0.214. The third-order valence-electron chi connectivity index (χ3n) is 2.79. The van der Waals surface area contributed by atoms with Crippen molar-refractivity contribution in [2.45, 2.75) is 12.5 Å². The molecule has 0 spiro atoms. The van der Waals surface area contributed by atoms with Crippen LogP contribution in [0.2, 0.25) is 0 Å². The number of benzene rings is 1. The van der Waals surface area contributed by atoms with Crippen LogP contribution in [-0.4, -0.2) is 22.7 Å². The van der Waals surface area contributed by atoms with Crippen LogP contribution in [0.4, 0.5) is 11.6 Å². The number of aliphatic hydroxyl groups is 1. The van der Waals surface area contributed by atoms with E-state index in [2.05, 4.69) is 15.7 Å². The first-order valence-corrected chi connectivity index (χ1v) is 6.17. The largest absolute Gasteiger partial charge is 0.394 e. The highest BCUT2D eigenvalue weighted by atomic mass is 16.3. The Morgan fingerprint density at radius 2 is 1.79 bits per heavy atom. The molecule has 0 amide bonds. The van der Waals surface area contributed by atoms with Gasteiger partial charge in [0, 0.05) is 0 Å². The second kappa shape index (κ2) is 6.72. The van der Waals surface area contributed by atoms with E-state index < -0.39 is 0 Å². The molecule has 0 aliphatic carbocycles. The molecule has 5 nitrogen and oxygen atoms in total. The van der Waals surface area contributed by atoms with Crippen LogP contribution >= 0.6 is 0 Å². The minimum Gasteiger partial charge on any atom is -0.394 e. The zero-order valence-corrected chi connectivity index (χ0v) is 10.6. The van der Waals surface area contributed by atoms with E-state index in [9.17, 15) is 5.11 Å². The van der Waals surface area contributed by atoms with Crippen LogP contribution in [0.1, 0.15) is 5.56 Å². The number of hydrazine groups is 1.